The van der Waals surface area contributed by atoms with Gasteiger partial charge in [-0.3, -0.25) is 4.98 Å². The molecule has 7 nitrogen and oxygen atoms in total. The van der Waals surface area contributed by atoms with Crippen LogP contribution in [0, 0.1) is 0 Å². The van der Waals surface area contributed by atoms with Crippen LogP contribution >= 0.6 is 12.4 Å². The quantitative estimate of drug-likeness (QED) is 0.298. The topological polar surface area (TPSA) is 96.2 Å². The van der Waals surface area contributed by atoms with Crippen molar-refractivity contribution in [3.05, 3.63) is 72.7 Å². The molecule has 0 fully saturated rings. The van der Waals surface area contributed by atoms with Gasteiger partial charge in [-0.25, -0.2) is 13.1 Å². The lowest BCUT2D eigenvalue weighted by atomic mass is 10.1. The first-order valence-corrected chi connectivity index (χ1v) is 12.2. The zero-order valence-corrected chi connectivity index (χ0v) is 20.1. The summed E-state index contributed by atoms with van der Waals surface area (Å²) in [5.74, 6) is 0. The minimum atomic E-state index is -3.61. The van der Waals surface area contributed by atoms with Crippen molar-refractivity contribution in [2.75, 3.05) is 19.7 Å². The highest BCUT2D eigenvalue weighted by Gasteiger charge is 2.17. The monoisotopic (exact) mass is 488 g/mol. The normalized spacial score (nSPS) is 12.7. The Hall–Kier alpha value is -2.49. The Bertz CT molecular complexity index is 1320. The van der Waals surface area contributed by atoms with E-state index in [1.54, 1.807) is 36.7 Å². The number of sulfonamides is 1. The lowest BCUT2D eigenvalue weighted by Crippen LogP contribution is -2.40. The number of halogens is 1. The van der Waals surface area contributed by atoms with Gasteiger partial charge in [-0.2, -0.15) is 0 Å². The third-order valence-corrected chi connectivity index (χ3v) is 7.10. The molecule has 0 aliphatic carbocycles. The van der Waals surface area contributed by atoms with Gasteiger partial charge in [-0.15, -0.1) is 12.4 Å². The second-order valence-corrected chi connectivity index (χ2v) is 9.66. The highest BCUT2D eigenvalue weighted by molar-refractivity contribution is 7.89. The molecule has 1 atom stereocenters. The number of nitrogens with zero attached hydrogens (tertiary/aromatic N) is 2. The second kappa shape index (κ2) is 11.1. The Morgan fingerprint density at radius 3 is 2.76 bits per heavy atom. The van der Waals surface area contributed by atoms with Crippen molar-refractivity contribution in [1.82, 2.24) is 19.6 Å². The number of nitrogens with one attached hydrogen (secondary N) is 2. The molecule has 33 heavy (non-hydrogen) atoms. The largest absolute Gasteiger partial charge is 0.395 e. The molecule has 0 spiro atoms. The van der Waals surface area contributed by atoms with E-state index in [2.05, 4.69) is 37.9 Å². The van der Waals surface area contributed by atoms with Crippen LogP contribution in [0.4, 0.5) is 0 Å². The van der Waals surface area contributed by atoms with Gasteiger partial charge in [-0.05, 0) is 55.1 Å². The first-order chi connectivity index (χ1) is 15.5. The first kappa shape index (κ1) is 25.1. The molecule has 0 bridgehead atoms. The fourth-order valence-electron chi connectivity index (χ4n) is 3.96. The number of benzene rings is 2. The van der Waals surface area contributed by atoms with Crippen LogP contribution < -0.4 is 10.0 Å². The molecule has 1 unspecified atom stereocenters. The van der Waals surface area contributed by atoms with Crippen molar-refractivity contribution in [2.24, 2.45) is 0 Å². The van der Waals surface area contributed by atoms with Crippen LogP contribution in [0.1, 0.15) is 12.5 Å². The Kier molecular flexibility index (Phi) is 8.45. The minimum Gasteiger partial charge on any atom is -0.395 e. The fraction of sp³-hybridized carbons (Fsp3) is 0.292. The van der Waals surface area contributed by atoms with Crippen LogP contribution in [0.25, 0.3) is 21.7 Å². The van der Waals surface area contributed by atoms with Gasteiger partial charge >= 0.3 is 0 Å². The Morgan fingerprint density at radius 1 is 1.12 bits per heavy atom. The van der Waals surface area contributed by atoms with Gasteiger partial charge in [0.15, 0.2) is 0 Å². The molecular formula is C24H29ClN4O3S. The fourth-order valence-corrected chi connectivity index (χ4v) is 5.24. The minimum absolute atomic E-state index is 0. The summed E-state index contributed by atoms with van der Waals surface area (Å²) in [5.41, 5.74) is 2.32. The molecule has 2 heterocycles. The van der Waals surface area contributed by atoms with Crippen LogP contribution in [0.15, 0.2) is 72.0 Å². The number of para-hydroxylation sites is 1. The Balaban J connectivity index is 0.00000306. The van der Waals surface area contributed by atoms with E-state index < -0.39 is 10.0 Å². The van der Waals surface area contributed by atoms with Crippen LogP contribution in [0.2, 0.25) is 0 Å². The number of hydrogen-bond donors (Lipinski definition) is 3. The summed E-state index contributed by atoms with van der Waals surface area (Å²) in [6, 6.07) is 14.8. The van der Waals surface area contributed by atoms with Gasteiger partial charge in [-0.1, -0.05) is 24.3 Å². The molecule has 4 aromatic rings. The maximum absolute atomic E-state index is 12.8. The molecule has 3 N–H and O–H groups in total. The van der Waals surface area contributed by atoms with Gasteiger partial charge < -0.3 is 15.0 Å². The summed E-state index contributed by atoms with van der Waals surface area (Å²) in [5, 5.41) is 15.6. The third kappa shape index (κ3) is 5.90. The molecular weight excluding hydrogens is 460 g/mol. The van der Waals surface area contributed by atoms with Gasteiger partial charge in [0.25, 0.3) is 0 Å². The van der Waals surface area contributed by atoms with Gasteiger partial charge in [0, 0.05) is 54.0 Å². The number of aliphatic hydroxyl groups is 1. The molecule has 2 aromatic carbocycles. The molecule has 0 saturated carbocycles. The summed E-state index contributed by atoms with van der Waals surface area (Å²) in [7, 11) is -3.61. The Labute approximate surface area is 200 Å². The molecule has 0 aliphatic rings. The predicted molar refractivity (Wildman–Crippen MR) is 134 cm³/mol. The molecule has 9 heteroatoms. The van der Waals surface area contributed by atoms with E-state index in [1.165, 1.54) is 10.9 Å². The van der Waals surface area contributed by atoms with E-state index in [0.29, 0.717) is 13.1 Å². The zero-order valence-electron chi connectivity index (χ0n) is 18.4. The number of fused-ring (bicyclic) bond motifs is 2. The van der Waals surface area contributed by atoms with Crippen LogP contribution in [-0.4, -0.2) is 48.8 Å². The van der Waals surface area contributed by atoms with Crippen molar-refractivity contribution >= 4 is 44.1 Å². The van der Waals surface area contributed by atoms with E-state index in [9.17, 15) is 13.5 Å². The van der Waals surface area contributed by atoms with Crippen molar-refractivity contribution in [2.45, 2.75) is 30.8 Å². The number of aliphatic hydroxyl groups excluding tert-OH is 1. The van der Waals surface area contributed by atoms with Crippen LogP contribution in [-0.2, 0) is 23.0 Å². The standard InChI is InChI=1S/C24H28N4O3S.ClH/c1-18(27-32(30,31)22-7-6-20-16-26-10-8-19(20)14-22)15-25-11-9-21-17-28(12-13-29)24-5-3-2-4-23(21)24;/h2-8,10,14,16-18,25,27,29H,9,11-13,15H2,1H3;1H. The smallest absolute Gasteiger partial charge is 0.240 e. The summed E-state index contributed by atoms with van der Waals surface area (Å²) in [6.07, 6.45) is 6.27. The average molecular weight is 489 g/mol. The van der Waals surface area contributed by atoms with E-state index in [-0.39, 0.29) is 30.0 Å². The van der Waals surface area contributed by atoms with Crippen LogP contribution in [0.3, 0.4) is 0 Å². The summed E-state index contributed by atoms with van der Waals surface area (Å²) < 4.78 is 30.4. The van der Waals surface area contributed by atoms with Gasteiger partial charge in [0.05, 0.1) is 11.5 Å². The van der Waals surface area contributed by atoms with E-state index in [0.717, 1.165) is 29.3 Å². The number of rotatable bonds is 10. The molecule has 176 valence electrons. The van der Waals surface area contributed by atoms with Gasteiger partial charge in [0.1, 0.15) is 0 Å². The molecule has 0 aliphatic heterocycles. The molecule has 2 aromatic heterocycles. The van der Waals surface area contributed by atoms with Crippen molar-refractivity contribution in [3.63, 3.8) is 0 Å². The molecule has 0 amide bonds. The van der Waals surface area contributed by atoms with Crippen molar-refractivity contribution in [1.29, 1.82) is 0 Å². The zero-order chi connectivity index (χ0) is 22.6. The molecule has 0 saturated heterocycles. The molecule has 4 rings (SSSR count). The lowest BCUT2D eigenvalue weighted by Gasteiger charge is -2.15. The average Bonchev–Trinajstić information content (AvgIpc) is 3.14. The highest BCUT2D eigenvalue weighted by Crippen LogP contribution is 2.21. The summed E-state index contributed by atoms with van der Waals surface area (Å²) in [6.45, 7) is 3.76. The summed E-state index contributed by atoms with van der Waals surface area (Å²) in [4.78, 5) is 4.31. The maximum atomic E-state index is 12.8. The van der Waals surface area contributed by atoms with Gasteiger partial charge in [0.2, 0.25) is 10.0 Å². The van der Waals surface area contributed by atoms with E-state index in [1.807, 2.05) is 19.1 Å². The lowest BCUT2D eigenvalue weighted by molar-refractivity contribution is 0.278. The summed E-state index contributed by atoms with van der Waals surface area (Å²) >= 11 is 0. The number of pyridine rings is 1. The number of aromatic nitrogens is 2. The highest BCUT2D eigenvalue weighted by atomic mass is 35.5. The Morgan fingerprint density at radius 2 is 1.94 bits per heavy atom. The SMILES string of the molecule is CC(CNCCc1cn(CCO)c2ccccc12)NS(=O)(=O)c1ccc2cnccc2c1.Cl. The third-order valence-electron chi connectivity index (χ3n) is 5.51. The van der Waals surface area contributed by atoms with E-state index in [4.69, 9.17) is 0 Å². The van der Waals surface area contributed by atoms with Crippen molar-refractivity contribution in [3.8, 4) is 0 Å². The maximum Gasteiger partial charge on any atom is 0.240 e. The van der Waals surface area contributed by atoms with Crippen molar-refractivity contribution < 1.29 is 13.5 Å². The first-order valence-electron chi connectivity index (χ1n) is 10.7. The second-order valence-electron chi connectivity index (χ2n) is 7.95. The predicted octanol–water partition coefficient (Wildman–Crippen LogP) is 3.10. The number of hydrogen-bond acceptors (Lipinski definition) is 5. The van der Waals surface area contributed by atoms with Crippen LogP contribution in [0.5, 0.6) is 0 Å². The van der Waals surface area contributed by atoms with E-state index >= 15 is 0 Å². The molecule has 0 radical (unpaired) electrons.